The summed E-state index contributed by atoms with van der Waals surface area (Å²) in [6, 6.07) is 6.05. The van der Waals surface area contributed by atoms with Crippen molar-refractivity contribution in [2.45, 2.75) is 18.9 Å². The SMILES string of the molecule is C=CCOC(=O)CC[C@@H](ON1C(=O)c2ccccc2C1=O)C(=O)O. The number of carbonyl (C=O) groups excluding carboxylic acids is 3. The molecule has 0 aromatic heterocycles. The molecule has 0 saturated heterocycles. The van der Waals surface area contributed by atoms with Gasteiger partial charge in [-0.3, -0.25) is 14.4 Å². The van der Waals surface area contributed by atoms with Crippen LogP contribution in [0.5, 0.6) is 0 Å². The number of amides is 2. The fraction of sp³-hybridized carbons (Fsp3) is 0.250. The van der Waals surface area contributed by atoms with Crippen LogP contribution in [0.1, 0.15) is 33.6 Å². The van der Waals surface area contributed by atoms with Crippen molar-refractivity contribution >= 4 is 23.8 Å². The number of nitrogens with zero attached hydrogens (tertiary/aromatic N) is 1. The van der Waals surface area contributed by atoms with Gasteiger partial charge in [-0.2, -0.15) is 0 Å². The van der Waals surface area contributed by atoms with Crippen molar-refractivity contribution in [1.29, 1.82) is 0 Å². The number of carbonyl (C=O) groups is 4. The van der Waals surface area contributed by atoms with Gasteiger partial charge in [-0.25, -0.2) is 9.63 Å². The Bertz CT molecular complexity index is 662. The fourth-order valence-corrected chi connectivity index (χ4v) is 2.08. The van der Waals surface area contributed by atoms with Crippen LogP contribution in [0.15, 0.2) is 36.9 Å². The average Bonchev–Trinajstić information content (AvgIpc) is 2.81. The van der Waals surface area contributed by atoms with E-state index in [0.717, 1.165) is 0 Å². The van der Waals surface area contributed by atoms with E-state index in [4.69, 9.17) is 14.7 Å². The normalized spacial score (nSPS) is 14.2. The minimum absolute atomic E-state index is 0.00976. The van der Waals surface area contributed by atoms with Gasteiger partial charge < -0.3 is 9.84 Å². The summed E-state index contributed by atoms with van der Waals surface area (Å²) in [5.41, 5.74) is 0.272. The van der Waals surface area contributed by atoms with Gasteiger partial charge in [0.2, 0.25) is 0 Å². The van der Waals surface area contributed by atoms with Crippen LogP contribution in [0.2, 0.25) is 0 Å². The minimum Gasteiger partial charge on any atom is -0.479 e. The quantitative estimate of drug-likeness (QED) is 0.432. The number of carboxylic acids is 1. The second-order valence-electron chi connectivity index (χ2n) is 4.89. The maximum absolute atomic E-state index is 12.1. The van der Waals surface area contributed by atoms with E-state index in [1.54, 1.807) is 12.1 Å². The summed E-state index contributed by atoms with van der Waals surface area (Å²) in [6.45, 7) is 3.39. The first-order valence-electron chi connectivity index (χ1n) is 7.09. The van der Waals surface area contributed by atoms with Crippen molar-refractivity contribution in [2.24, 2.45) is 0 Å². The lowest BCUT2D eigenvalue weighted by Crippen LogP contribution is -2.38. The lowest BCUT2D eigenvalue weighted by Gasteiger charge is -2.19. The number of hydroxylamine groups is 2. The number of carboxylic acid groups (broad SMARTS) is 1. The number of benzene rings is 1. The van der Waals surface area contributed by atoms with Crippen molar-refractivity contribution in [1.82, 2.24) is 5.06 Å². The summed E-state index contributed by atoms with van der Waals surface area (Å²) >= 11 is 0. The van der Waals surface area contributed by atoms with Crippen LogP contribution in [0.25, 0.3) is 0 Å². The monoisotopic (exact) mass is 333 g/mol. The summed E-state index contributed by atoms with van der Waals surface area (Å²) in [5, 5.41) is 9.58. The Labute approximate surface area is 137 Å². The number of hydrogen-bond acceptors (Lipinski definition) is 6. The maximum Gasteiger partial charge on any atom is 0.335 e. The molecule has 0 fully saturated rings. The lowest BCUT2D eigenvalue weighted by molar-refractivity contribution is -0.176. The molecule has 0 aliphatic carbocycles. The van der Waals surface area contributed by atoms with Crippen LogP contribution in [-0.2, 0) is 19.2 Å². The van der Waals surface area contributed by atoms with Gasteiger partial charge in [-0.15, -0.1) is 5.06 Å². The standard InChI is InChI=1S/C16H15NO7/c1-2-9-23-13(18)8-7-12(16(21)22)24-17-14(19)10-5-3-4-6-11(10)15(17)20/h2-6,12H,1,7-9H2,(H,21,22)/t12-/m1/s1. The second-order valence-corrected chi connectivity index (χ2v) is 4.89. The van der Waals surface area contributed by atoms with Crippen LogP contribution in [0, 0.1) is 0 Å². The van der Waals surface area contributed by atoms with Crippen molar-refractivity contribution < 1.29 is 33.9 Å². The number of esters is 1. The first-order chi connectivity index (χ1) is 11.5. The molecule has 0 spiro atoms. The Morgan fingerprint density at radius 2 is 1.79 bits per heavy atom. The Balaban J connectivity index is 2.03. The molecule has 0 saturated carbocycles. The Hall–Kier alpha value is -3.00. The predicted octanol–water partition coefficient (Wildman–Crippen LogP) is 1.18. The summed E-state index contributed by atoms with van der Waals surface area (Å²) in [6.07, 6.45) is -0.655. The van der Waals surface area contributed by atoms with Crippen LogP contribution in [-0.4, -0.2) is 46.6 Å². The molecule has 1 aliphatic rings. The molecule has 2 amide bonds. The lowest BCUT2D eigenvalue weighted by atomic mass is 10.1. The molecule has 1 aromatic rings. The van der Waals surface area contributed by atoms with Gasteiger partial charge in [0, 0.05) is 6.42 Å². The molecule has 0 radical (unpaired) electrons. The van der Waals surface area contributed by atoms with Gasteiger partial charge in [0.05, 0.1) is 11.1 Å². The van der Waals surface area contributed by atoms with E-state index in [-0.39, 0.29) is 30.6 Å². The van der Waals surface area contributed by atoms with E-state index in [0.29, 0.717) is 5.06 Å². The van der Waals surface area contributed by atoms with E-state index >= 15 is 0 Å². The summed E-state index contributed by atoms with van der Waals surface area (Å²) in [4.78, 5) is 52.0. The molecule has 1 atom stereocenters. The average molecular weight is 333 g/mol. The van der Waals surface area contributed by atoms with Crippen molar-refractivity contribution in [3.63, 3.8) is 0 Å². The molecular formula is C16H15NO7. The van der Waals surface area contributed by atoms with Crippen LogP contribution >= 0.6 is 0 Å². The van der Waals surface area contributed by atoms with Gasteiger partial charge in [-0.1, -0.05) is 24.8 Å². The number of aliphatic carboxylic acids is 1. The molecule has 24 heavy (non-hydrogen) atoms. The van der Waals surface area contributed by atoms with E-state index in [1.165, 1.54) is 18.2 Å². The third-order valence-corrected chi connectivity index (χ3v) is 3.24. The van der Waals surface area contributed by atoms with Gasteiger partial charge in [0.15, 0.2) is 6.10 Å². The smallest absolute Gasteiger partial charge is 0.335 e. The number of imide groups is 1. The molecule has 1 aliphatic heterocycles. The molecule has 2 rings (SSSR count). The van der Waals surface area contributed by atoms with E-state index in [9.17, 15) is 19.2 Å². The zero-order valence-corrected chi connectivity index (χ0v) is 12.6. The Morgan fingerprint density at radius 1 is 1.21 bits per heavy atom. The summed E-state index contributed by atoms with van der Waals surface area (Å²) < 4.78 is 4.73. The number of ether oxygens (including phenoxy) is 1. The van der Waals surface area contributed by atoms with E-state index in [2.05, 4.69) is 6.58 Å². The van der Waals surface area contributed by atoms with Gasteiger partial charge in [-0.05, 0) is 18.6 Å². The highest BCUT2D eigenvalue weighted by Crippen LogP contribution is 2.24. The zero-order valence-electron chi connectivity index (χ0n) is 12.6. The molecular weight excluding hydrogens is 318 g/mol. The Morgan fingerprint density at radius 3 is 2.29 bits per heavy atom. The molecule has 8 nitrogen and oxygen atoms in total. The van der Waals surface area contributed by atoms with Crippen LogP contribution in [0.3, 0.4) is 0 Å². The van der Waals surface area contributed by atoms with Crippen molar-refractivity contribution in [2.75, 3.05) is 6.61 Å². The maximum atomic E-state index is 12.1. The van der Waals surface area contributed by atoms with Crippen molar-refractivity contribution in [3.8, 4) is 0 Å². The minimum atomic E-state index is -1.54. The third kappa shape index (κ3) is 3.66. The molecule has 0 bridgehead atoms. The van der Waals surface area contributed by atoms with Crippen LogP contribution in [0.4, 0.5) is 0 Å². The summed E-state index contributed by atoms with van der Waals surface area (Å²) in [7, 11) is 0. The van der Waals surface area contributed by atoms with Crippen molar-refractivity contribution in [3.05, 3.63) is 48.0 Å². The molecule has 0 unspecified atom stereocenters. The number of hydrogen-bond donors (Lipinski definition) is 1. The third-order valence-electron chi connectivity index (χ3n) is 3.24. The fourth-order valence-electron chi connectivity index (χ4n) is 2.08. The molecule has 126 valence electrons. The number of rotatable bonds is 8. The topological polar surface area (TPSA) is 110 Å². The predicted molar refractivity (Wildman–Crippen MR) is 79.8 cm³/mol. The van der Waals surface area contributed by atoms with Gasteiger partial charge in [0.25, 0.3) is 11.8 Å². The molecule has 1 heterocycles. The molecule has 1 N–H and O–H groups in total. The summed E-state index contributed by atoms with van der Waals surface area (Å²) in [5.74, 6) is -3.51. The van der Waals surface area contributed by atoms with E-state index in [1.807, 2.05) is 0 Å². The first-order valence-corrected chi connectivity index (χ1v) is 7.09. The molecule has 8 heteroatoms. The van der Waals surface area contributed by atoms with Gasteiger partial charge >= 0.3 is 11.9 Å². The highest BCUT2D eigenvalue weighted by Gasteiger charge is 2.39. The van der Waals surface area contributed by atoms with E-state index < -0.39 is 29.9 Å². The van der Waals surface area contributed by atoms with Crippen LogP contribution < -0.4 is 0 Å². The molecule has 1 aromatic carbocycles. The zero-order chi connectivity index (χ0) is 17.7. The largest absolute Gasteiger partial charge is 0.479 e. The second kappa shape index (κ2) is 7.51. The van der Waals surface area contributed by atoms with Gasteiger partial charge in [0.1, 0.15) is 6.61 Å². The number of fused-ring (bicyclic) bond motifs is 1. The highest BCUT2D eigenvalue weighted by atomic mass is 16.7. The Kier molecular flexibility index (Phi) is 5.43. The first kappa shape index (κ1) is 17.4. The highest BCUT2D eigenvalue weighted by molar-refractivity contribution is 6.20.